The highest BCUT2D eigenvalue weighted by Crippen LogP contribution is 2.44. The number of likely N-dealkylation sites (tertiary alicyclic amines) is 2. The van der Waals surface area contributed by atoms with Gasteiger partial charge in [0.1, 0.15) is 6.04 Å². The number of carbonyl (C=O) groups excluding carboxylic acids is 1. The van der Waals surface area contributed by atoms with Gasteiger partial charge in [-0.15, -0.1) is 0 Å². The van der Waals surface area contributed by atoms with Crippen molar-refractivity contribution in [1.82, 2.24) is 14.8 Å². The normalized spacial score (nSPS) is 25.6. The maximum atomic E-state index is 12.3. The second-order valence-corrected chi connectivity index (χ2v) is 8.33. The molecule has 1 amide bonds. The number of carbonyl (C=O) groups is 2. The van der Waals surface area contributed by atoms with Crippen LogP contribution in [-0.4, -0.2) is 57.4 Å². The van der Waals surface area contributed by atoms with Gasteiger partial charge >= 0.3 is 5.97 Å². The second-order valence-electron chi connectivity index (χ2n) is 8.33. The van der Waals surface area contributed by atoms with Crippen molar-refractivity contribution in [3.8, 4) is 0 Å². The summed E-state index contributed by atoms with van der Waals surface area (Å²) in [5, 5.41) is 9.72. The van der Waals surface area contributed by atoms with E-state index in [-0.39, 0.29) is 11.3 Å². The van der Waals surface area contributed by atoms with Crippen molar-refractivity contribution in [3.63, 3.8) is 0 Å². The van der Waals surface area contributed by atoms with Gasteiger partial charge in [0.2, 0.25) is 5.91 Å². The van der Waals surface area contributed by atoms with Gasteiger partial charge in [-0.3, -0.25) is 19.5 Å². The number of pyridine rings is 1. The highest BCUT2D eigenvalue weighted by Gasteiger charge is 2.49. The summed E-state index contributed by atoms with van der Waals surface area (Å²) >= 11 is 0. The van der Waals surface area contributed by atoms with Crippen LogP contribution in [0.2, 0.25) is 0 Å². The third-order valence-electron chi connectivity index (χ3n) is 6.26. The number of aromatic nitrogens is 1. The Balaban J connectivity index is 1.44. The van der Waals surface area contributed by atoms with Gasteiger partial charge in [0.25, 0.3) is 0 Å². The number of aryl methyl sites for hydroxylation is 1. The van der Waals surface area contributed by atoms with Gasteiger partial charge < -0.3 is 10.0 Å². The summed E-state index contributed by atoms with van der Waals surface area (Å²) in [5.74, 6) is -0.164. The molecule has 0 bridgehead atoms. The van der Waals surface area contributed by atoms with Crippen LogP contribution in [-0.2, 0) is 16.1 Å². The SMILES string of the molecule is Cc1cccc(CN2CC3(CCN(C(=O)C4CC4)CC3)C[C@H]2C(=O)O)n1. The maximum absolute atomic E-state index is 12.3. The van der Waals surface area contributed by atoms with E-state index < -0.39 is 12.0 Å². The van der Waals surface area contributed by atoms with Gasteiger partial charge in [0.05, 0.1) is 5.69 Å². The van der Waals surface area contributed by atoms with Crippen LogP contribution in [0.5, 0.6) is 0 Å². The monoisotopic (exact) mass is 357 g/mol. The molecule has 1 aromatic rings. The molecule has 1 N–H and O–H groups in total. The molecule has 2 aliphatic heterocycles. The zero-order valence-corrected chi connectivity index (χ0v) is 15.4. The fourth-order valence-electron chi connectivity index (χ4n) is 4.60. The van der Waals surface area contributed by atoms with Gasteiger partial charge in [-0.1, -0.05) is 6.07 Å². The fourth-order valence-corrected chi connectivity index (χ4v) is 4.60. The third-order valence-corrected chi connectivity index (χ3v) is 6.26. The Bertz CT molecular complexity index is 708. The van der Waals surface area contributed by atoms with Crippen molar-refractivity contribution in [2.75, 3.05) is 19.6 Å². The summed E-state index contributed by atoms with van der Waals surface area (Å²) in [4.78, 5) is 32.7. The van der Waals surface area contributed by atoms with E-state index in [1.807, 2.05) is 30.0 Å². The van der Waals surface area contributed by atoms with Crippen LogP contribution in [0.1, 0.15) is 43.5 Å². The van der Waals surface area contributed by atoms with E-state index in [2.05, 4.69) is 9.88 Å². The van der Waals surface area contributed by atoms with E-state index in [4.69, 9.17) is 0 Å². The van der Waals surface area contributed by atoms with Gasteiger partial charge in [-0.05, 0) is 56.6 Å². The Morgan fingerprint density at radius 1 is 1.27 bits per heavy atom. The van der Waals surface area contributed by atoms with Crippen LogP contribution in [0.15, 0.2) is 18.2 Å². The number of hydrogen-bond acceptors (Lipinski definition) is 4. The Hall–Kier alpha value is -1.95. The molecular formula is C20H27N3O3. The van der Waals surface area contributed by atoms with Crippen molar-refractivity contribution in [1.29, 1.82) is 0 Å². The largest absolute Gasteiger partial charge is 0.480 e. The van der Waals surface area contributed by atoms with Gasteiger partial charge in [-0.25, -0.2) is 0 Å². The zero-order chi connectivity index (χ0) is 18.3. The first-order valence-electron chi connectivity index (χ1n) is 9.64. The average Bonchev–Trinajstić information content (AvgIpc) is 3.39. The summed E-state index contributed by atoms with van der Waals surface area (Å²) in [6, 6.07) is 5.44. The Labute approximate surface area is 154 Å². The minimum atomic E-state index is -0.744. The first-order valence-corrected chi connectivity index (χ1v) is 9.64. The van der Waals surface area contributed by atoms with Crippen molar-refractivity contribution in [3.05, 3.63) is 29.6 Å². The zero-order valence-electron chi connectivity index (χ0n) is 15.4. The Morgan fingerprint density at radius 3 is 2.62 bits per heavy atom. The molecule has 3 aliphatic rings. The number of hydrogen-bond donors (Lipinski definition) is 1. The van der Waals surface area contributed by atoms with E-state index in [1.54, 1.807) is 0 Å². The molecule has 140 valence electrons. The fraction of sp³-hybridized carbons (Fsp3) is 0.650. The number of rotatable bonds is 4. The molecule has 0 aromatic carbocycles. The molecule has 1 spiro atoms. The van der Waals surface area contributed by atoms with Gasteiger partial charge in [0, 0.05) is 37.8 Å². The standard InChI is InChI=1S/C20H27N3O3/c1-14-3-2-4-16(21-14)12-23-13-20(11-17(23)19(25)26)7-9-22(10-8-20)18(24)15-5-6-15/h2-4,15,17H,5-13H2,1H3,(H,25,26)/t17-/m0/s1. The maximum Gasteiger partial charge on any atom is 0.320 e. The summed E-state index contributed by atoms with van der Waals surface area (Å²) in [6.45, 7) is 4.86. The quantitative estimate of drug-likeness (QED) is 0.893. The lowest BCUT2D eigenvalue weighted by atomic mass is 9.76. The molecule has 0 unspecified atom stereocenters. The number of carboxylic acid groups (broad SMARTS) is 1. The molecular weight excluding hydrogens is 330 g/mol. The molecule has 0 radical (unpaired) electrons. The molecule has 3 fully saturated rings. The lowest BCUT2D eigenvalue weighted by molar-refractivity contribution is -0.142. The molecule has 1 saturated carbocycles. The molecule has 1 aromatic heterocycles. The summed E-state index contributed by atoms with van der Waals surface area (Å²) in [5.41, 5.74) is 1.90. The van der Waals surface area contributed by atoms with Gasteiger partial charge in [-0.2, -0.15) is 0 Å². The second kappa shape index (κ2) is 6.65. The van der Waals surface area contributed by atoms with E-state index in [0.29, 0.717) is 18.9 Å². The van der Waals surface area contributed by atoms with Crippen molar-refractivity contribution >= 4 is 11.9 Å². The number of nitrogens with zero attached hydrogens (tertiary/aromatic N) is 3. The molecule has 1 aliphatic carbocycles. The first kappa shape index (κ1) is 17.5. The first-order chi connectivity index (χ1) is 12.5. The minimum Gasteiger partial charge on any atom is -0.480 e. The summed E-state index contributed by atoms with van der Waals surface area (Å²) in [6.07, 6.45) is 4.58. The highest BCUT2D eigenvalue weighted by atomic mass is 16.4. The molecule has 1 atom stereocenters. The van der Waals surface area contributed by atoms with E-state index in [1.165, 1.54) is 0 Å². The lowest BCUT2D eigenvalue weighted by Gasteiger charge is -2.39. The third kappa shape index (κ3) is 3.47. The van der Waals surface area contributed by atoms with Crippen LogP contribution >= 0.6 is 0 Å². The van der Waals surface area contributed by atoms with E-state index in [9.17, 15) is 14.7 Å². The average molecular weight is 357 g/mol. The van der Waals surface area contributed by atoms with Crippen molar-refractivity contribution in [2.45, 2.75) is 51.6 Å². The summed E-state index contributed by atoms with van der Waals surface area (Å²) < 4.78 is 0. The van der Waals surface area contributed by atoms with Crippen LogP contribution in [0.3, 0.4) is 0 Å². The highest BCUT2D eigenvalue weighted by molar-refractivity contribution is 5.81. The van der Waals surface area contributed by atoms with E-state index >= 15 is 0 Å². The van der Waals surface area contributed by atoms with Crippen LogP contribution in [0, 0.1) is 18.3 Å². The minimum absolute atomic E-state index is 0.0210. The molecule has 6 heteroatoms. The smallest absolute Gasteiger partial charge is 0.320 e. The van der Waals surface area contributed by atoms with E-state index in [0.717, 1.165) is 56.7 Å². The van der Waals surface area contributed by atoms with Crippen LogP contribution in [0.25, 0.3) is 0 Å². The lowest BCUT2D eigenvalue weighted by Crippen LogP contribution is -2.44. The molecule has 6 nitrogen and oxygen atoms in total. The van der Waals surface area contributed by atoms with Crippen LogP contribution in [0.4, 0.5) is 0 Å². The number of aliphatic carboxylic acids is 1. The number of piperidine rings is 1. The number of carboxylic acids is 1. The predicted octanol–water partition coefficient (Wildman–Crippen LogP) is 2.07. The van der Waals surface area contributed by atoms with Crippen LogP contribution < -0.4 is 0 Å². The molecule has 26 heavy (non-hydrogen) atoms. The number of amides is 1. The predicted molar refractivity (Wildman–Crippen MR) is 96.4 cm³/mol. The topological polar surface area (TPSA) is 73.7 Å². The van der Waals surface area contributed by atoms with Crippen molar-refractivity contribution < 1.29 is 14.7 Å². The molecule has 3 heterocycles. The Kier molecular flexibility index (Phi) is 4.47. The summed E-state index contributed by atoms with van der Waals surface area (Å²) in [7, 11) is 0. The van der Waals surface area contributed by atoms with Gasteiger partial charge in [0.15, 0.2) is 0 Å². The van der Waals surface area contributed by atoms with Crippen molar-refractivity contribution in [2.24, 2.45) is 11.3 Å². The molecule has 4 rings (SSSR count). The Morgan fingerprint density at radius 2 is 2.00 bits per heavy atom. The molecule has 2 saturated heterocycles.